The summed E-state index contributed by atoms with van der Waals surface area (Å²) in [7, 11) is 0. The van der Waals surface area contributed by atoms with E-state index >= 15 is 0 Å². The van der Waals surface area contributed by atoms with Crippen molar-refractivity contribution in [1.82, 2.24) is 9.97 Å². The van der Waals surface area contributed by atoms with E-state index in [1.807, 2.05) is 19.9 Å². The molecule has 1 aromatic carbocycles. The Hall–Kier alpha value is -2.82. The Kier molecular flexibility index (Phi) is 3.55. The lowest BCUT2D eigenvalue weighted by atomic mass is 10.1. The topological polar surface area (TPSA) is 72.0 Å². The third kappa shape index (κ3) is 2.53. The summed E-state index contributed by atoms with van der Waals surface area (Å²) in [4.78, 5) is 32.9. The highest BCUT2D eigenvalue weighted by atomic mass is 16.2. The zero-order chi connectivity index (χ0) is 15.7. The first-order valence-corrected chi connectivity index (χ1v) is 7.01. The van der Waals surface area contributed by atoms with Crippen molar-refractivity contribution in [2.24, 2.45) is 0 Å². The van der Waals surface area contributed by atoms with Crippen molar-refractivity contribution in [3.63, 3.8) is 0 Å². The van der Waals surface area contributed by atoms with Crippen molar-refractivity contribution in [3.8, 4) is 0 Å². The number of rotatable bonds is 3. The van der Waals surface area contributed by atoms with Gasteiger partial charge in [0.05, 0.1) is 5.57 Å². The van der Waals surface area contributed by atoms with Crippen LogP contribution in [0.3, 0.4) is 0 Å². The fraction of sp³-hybridized carbons (Fsp3) is 0.176. The highest BCUT2D eigenvalue weighted by Crippen LogP contribution is 2.25. The van der Waals surface area contributed by atoms with E-state index in [4.69, 9.17) is 0 Å². The molecule has 0 aliphatic heterocycles. The fourth-order valence-corrected chi connectivity index (χ4v) is 2.51. The summed E-state index contributed by atoms with van der Waals surface area (Å²) >= 11 is 0. The van der Waals surface area contributed by atoms with Crippen LogP contribution in [0.4, 0.5) is 5.95 Å². The van der Waals surface area contributed by atoms with Gasteiger partial charge < -0.3 is 5.32 Å². The molecule has 1 aliphatic rings. The SMILES string of the molecule is Cc1cc(C)nc(NCC=C2C(=O)c3ccccc3C2=O)n1. The highest BCUT2D eigenvalue weighted by molar-refractivity contribution is 6.39. The second-order valence-corrected chi connectivity index (χ2v) is 5.18. The van der Waals surface area contributed by atoms with Crippen LogP contribution in [0.15, 0.2) is 42.0 Å². The van der Waals surface area contributed by atoms with E-state index in [0.717, 1.165) is 11.4 Å². The van der Waals surface area contributed by atoms with Crippen molar-refractivity contribution in [2.45, 2.75) is 13.8 Å². The third-order valence-electron chi connectivity index (χ3n) is 3.45. The molecule has 0 bridgehead atoms. The van der Waals surface area contributed by atoms with Gasteiger partial charge in [0.2, 0.25) is 5.95 Å². The zero-order valence-electron chi connectivity index (χ0n) is 12.4. The highest BCUT2D eigenvalue weighted by Gasteiger charge is 2.32. The largest absolute Gasteiger partial charge is 0.351 e. The van der Waals surface area contributed by atoms with Gasteiger partial charge >= 0.3 is 0 Å². The van der Waals surface area contributed by atoms with E-state index in [-0.39, 0.29) is 17.1 Å². The molecule has 0 unspecified atom stereocenters. The van der Waals surface area contributed by atoms with Gasteiger partial charge in [0.15, 0.2) is 11.6 Å². The second kappa shape index (κ2) is 5.52. The summed E-state index contributed by atoms with van der Waals surface area (Å²) in [6, 6.07) is 8.75. The number of carbonyl (C=O) groups is 2. The van der Waals surface area contributed by atoms with Crippen LogP contribution >= 0.6 is 0 Å². The van der Waals surface area contributed by atoms with Crippen LogP contribution < -0.4 is 5.32 Å². The predicted octanol–water partition coefficient (Wildman–Crippen LogP) is 2.51. The molecule has 3 rings (SSSR count). The number of nitrogens with one attached hydrogen (secondary N) is 1. The van der Waals surface area contributed by atoms with Gasteiger partial charge in [-0.2, -0.15) is 0 Å². The molecule has 0 radical (unpaired) electrons. The van der Waals surface area contributed by atoms with Crippen molar-refractivity contribution in [1.29, 1.82) is 0 Å². The molecule has 22 heavy (non-hydrogen) atoms. The Morgan fingerprint density at radius 1 is 1.00 bits per heavy atom. The summed E-state index contributed by atoms with van der Waals surface area (Å²) < 4.78 is 0. The van der Waals surface area contributed by atoms with Gasteiger partial charge in [0, 0.05) is 29.1 Å². The Morgan fingerprint density at radius 3 is 2.09 bits per heavy atom. The molecular weight excluding hydrogens is 278 g/mol. The molecule has 0 amide bonds. The molecule has 110 valence electrons. The Balaban J connectivity index is 1.77. The lowest BCUT2D eigenvalue weighted by Gasteiger charge is -2.04. The maximum atomic E-state index is 12.2. The molecule has 0 saturated carbocycles. The second-order valence-electron chi connectivity index (χ2n) is 5.18. The van der Waals surface area contributed by atoms with Gasteiger partial charge in [0.1, 0.15) is 0 Å². The first-order valence-electron chi connectivity index (χ1n) is 7.01. The minimum Gasteiger partial charge on any atom is -0.351 e. The standard InChI is InChI=1S/C17H15N3O2/c1-10-9-11(2)20-17(19-10)18-8-7-14-15(21)12-5-3-4-6-13(12)16(14)22/h3-7,9H,8H2,1-2H3,(H,18,19,20). The van der Waals surface area contributed by atoms with E-state index in [2.05, 4.69) is 15.3 Å². The summed E-state index contributed by atoms with van der Waals surface area (Å²) in [6.45, 7) is 4.10. The van der Waals surface area contributed by atoms with Crippen LogP contribution in [0.25, 0.3) is 0 Å². The molecule has 0 spiro atoms. The van der Waals surface area contributed by atoms with Gasteiger partial charge in [0.25, 0.3) is 0 Å². The van der Waals surface area contributed by atoms with Crippen molar-refractivity contribution in [2.75, 3.05) is 11.9 Å². The van der Waals surface area contributed by atoms with E-state index in [0.29, 0.717) is 23.6 Å². The van der Waals surface area contributed by atoms with Crippen molar-refractivity contribution < 1.29 is 9.59 Å². The number of aromatic nitrogens is 2. The Morgan fingerprint density at radius 2 is 1.55 bits per heavy atom. The number of anilines is 1. The lowest BCUT2D eigenvalue weighted by molar-refractivity contribution is 0.0988. The zero-order valence-corrected chi connectivity index (χ0v) is 12.4. The fourth-order valence-electron chi connectivity index (χ4n) is 2.51. The number of nitrogens with zero attached hydrogens (tertiary/aromatic N) is 2. The maximum absolute atomic E-state index is 12.2. The van der Waals surface area contributed by atoms with Crippen LogP contribution in [0.5, 0.6) is 0 Å². The number of Topliss-reactive ketones (excluding diaryl/α,β-unsaturated/α-hetero) is 2. The predicted molar refractivity (Wildman–Crippen MR) is 83.2 cm³/mol. The van der Waals surface area contributed by atoms with Crippen LogP contribution in [-0.2, 0) is 0 Å². The van der Waals surface area contributed by atoms with Crippen LogP contribution in [0, 0.1) is 13.8 Å². The van der Waals surface area contributed by atoms with Crippen LogP contribution in [0.2, 0.25) is 0 Å². The maximum Gasteiger partial charge on any atom is 0.223 e. The Bertz CT molecular complexity index is 752. The molecule has 2 aromatic rings. The lowest BCUT2D eigenvalue weighted by Crippen LogP contribution is -2.08. The molecular formula is C17H15N3O2. The van der Waals surface area contributed by atoms with Crippen molar-refractivity contribution in [3.05, 3.63) is 64.5 Å². The first kappa shape index (κ1) is 14.1. The Labute approximate surface area is 128 Å². The van der Waals surface area contributed by atoms with E-state index in [1.165, 1.54) is 0 Å². The molecule has 0 fully saturated rings. The van der Waals surface area contributed by atoms with Gasteiger partial charge in [-0.15, -0.1) is 0 Å². The average Bonchev–Trinajstić information content (AvgIpc) is 2.72. The average molecular weight is 293 g/mol. The number of aryl methyl sites for hydroxylation is 2. The molecule has 1 aliphatic carbocycles. The minimum atomic E-state index is -0.219. The minimum absolute atomic E-state index is 0.207. The van der Waals surface area contributed by atoms with Gasteiger partial charge in [-0.3, -0.25) is 9.59 Å². The molecule has 0 atom stereocenters. The van der Waals surface area contributed by atoms with E-state index in [9.17, 15) is 9.59 Å². The number of hydrogen-bond acceptors (Lipinski definition) is 5. The molecule has 1 heterocycles. The van der Waals surface area contributed by atoms with Crippen LogP contribution in [-0.4, -0.2) is 28.1 Å². The van der Waals surface area contributed by atoms with Gasteiger partial charge in [-0.1, -0.05) is 30.3 Å². The summed E-state index contributed by atoms with van der Waals surface area (Å²) in [6.07, 6.45) is 1.60. The quantitative estimate of drug-likeness (QED) is 0.695. The van der Waals surface area contributed by atoms with Crippen molar-refractivity contribution >= 4 is 17.5 Å². The number of ketones is 2. The third-order valence-corrected chi connectivity index (χ3v) is 3.45. The molecule has 5 nitrogen and oxygen atoms in total. The molecule has 5 heteroatoms. The molecule has 1 aromatic heterocycles. The summed E-state index contributed by atoms with van der Waals surface area (Å²) in [5, 5.41) is 3.02. The first-order chi connectivity index (χ1) is 10.6. The normalized spacial score (nSPS) is 13.3. The monoisotopic (exact) mass is 293 g/mol. The van der Waals surface area contributed by atoms with E-state index in [1.54, 1.807) is 30.3 Å². The summed E-state index contributed by atoms with van der Waals surface area (Å²) in [5.74, 6) is 0.0530. The van der Waals surface area contributed by atoms with Gasteiger partial charge in [-0.05, 0) is 19.9 Å². The van der Waals surface area contributed by atoms with Crippen LogP contribution in [0.1, 0.15) is 32.1 Å². The number of carbonyl (C=O) groups excluding carboxylic acids is 2. The van der Waals surface area contributed by atoms with E-state index < -0.39 is 0 Å². The number of hydrogen-bond donors (Lipinski definition) is 1. The summed E-state index contributed by atoms with van der Waals surface area (Å²) in [5.41, 5.74) is 2.88. The molecule has 0 saturated heterocycles. The smallest absolute Gasteiger partial charge is 0.223 e. The molecule has 1 N–H and O–H groups in total. The van der Waals surface area contributed by atoms with Gasteiger partial charge in [-0.25, -0.2) is 9.97 Å². The number of fused-ring (bicyclic) bond motifs is 1. The number of allylic oxidation sites excluding steroid dienone is 1. The number of benzene rings is 1.